The summed E-state index contributed by atoms with van der Waals surface area (Å²) in [6, 6.07) is 7.24. The molecule has 0 bridgehead atoms. The molecule has 0 radical (unpaired) electrons. The summed E-state index contributed by atoms with van der Waals surface area (Å²) >= 11 is 0. The van der Waals surface area contributed by atoms with Crippen molar-refractivity contribution in [2.75, 3.05) is 33.2 Å². The highest BCUT2D eigenvalue weighted by Crippen LogP contribution is 2.18. The number of rotatable bonds is 8. The van der Waals surface area contributed by atoms with E-state index in [9.17, 15) is 0 Å². The Kier molecular flexibility index (Phi) is 6.51. The van der Waals surface area contributed by atoms with Crippen molar-refractivity contribution in [2.24, 2.45) is 0 Å². The standard InChI is InChI=1S/C14H25NO3Si/c1-12-7-8-14(13(2)11-12)15-9-6-10-19(16-3,17-4)18-5/h7-8,11,15H,6,9-10H2,1-5H3. The minimum atomic E-state index is -2.42. The summed E-state index contributed by atoms with van der Waals surface area (Å²) < 4.78 is 16.2. The van der Waals surface area contributed by atoms with Crippen LogP contribution in [0.4, 0.5) is 5.69 Å². The van der Waals surface area contributed by atoms with Crippen LogP contribution in [-0.4, -0.2) is 36.7 Å². The maximum absolute atomic E-state index is 5.39. The van der Waals surface area contributed by atoms with Gasteiger partial charge in [0.1, 0.15) is 0 Å². The Morgan fingerprint density at radius 2 is 1.68 bits per heavy atom. The van der Waals surface area contributed by atoms with Crippen molar-refractivity contribution >= 4 is 14.5 Å². The van der Waals surface area contributed by atoms with Crippen LogP contribution in [0, 0.1) is 13.8 Å². The molecule has 0 aliphatic carbocycles. The van der Waals surface area contributed by atoms with Crippen LogP contribution in [0.2, 0.25) is 6.04 Å². The molecule has 5 heteroatoms. The van der Waals surface area contributed by atoms with Crippen molar-refractivity contribution in [3.05, 3.63) is 29.3 Å². The van der Waals surface area contributed by atoms with Crippen molar-refractivity contribution in [1.29, 1.82) is 0 Å². The van der Waals surface area contributed by atoms with E-state index in [0.717, 1.165) is 19.0 Å². The van der Waals surface area contributed by atoms with Gasteiger partial charge in [0.25, 0.3) is 0 Å². The van der Waals surface area contributed by atoms with Crippen molar-refractivity contribution in [2.45, 2.75) is 26.3 Å². The maximum atomic E-state index is 5.39. The van der Waals surface area contributed by atoms with Crippen LogP contribution in [-0.2, 0) is 13.3 Å². The number of aryl methyl sites for hydroxylation is 2. The fourth-order valence-corrected chi connectivity index (χ4v) is 3.82. The molecule has 0 aromatic heterocycles. The van der Waals surface area contributed by atoms with Crippen molar-refractivity contribution in [3.63, 3.8) is 0 Å². The zero-order valence-corrected chi connectivity index (χ0v) is 13.6. The topological polar surface area (TPSA) is 39.7 Å². The van der Waals surface area contributed by atoms with Gasteiger partial charge < -0.3 is 18.6 Å². The third-order valence-electron chi connectivity index (χ3n) is 3.29. The number of hydrogen-bond donors (Lipinski definition) is 1. The average molecular weight is 283 g/mol. The van der Waals surface area contributed by atoms with Gasteiger partial charge in [-0.25, -0.2) is 0 Å². The summed E-state index contributed by atoms with van der Waals surface area (Å²) in [7, 11) is 2.53. The van der Waals surface area contributed by atoms with Crippen LogP contribution < -0.4 is 5.32 Å². The summed E-state index contributed by atoms with van der Waals surface area (Å²) in [5.41, 5.74) is 3.74. The summed E-state index contributed by atoms with van der Waals surface area (Å²) in [6.07, 6.45) is 0.953. The van der Waals surface area contributed by atoms with E-state index in [1.807, 2.05) is 0 Å². The van der Waals surface area contributed by atoms with E-state index in [1.165, 1.54) is 16.8 Å². The smallest absolute Gasteiger partial charge is 0.385 e. The fourth-order valence-electron chi connectivity index (χ4n) is 2.10. The Balaban J connectivity index is 2.42. The third kappa shape index (κ3) is 4.61. The highest BCUT2D eigenvalue weighted by atomic mass is 28.4. The van der Waals surface area contributed by atoms with Gasteiger partial charge in [-0.3, -0.25) is 0 Å². The van der Waals surface area contributed by atoms with E-state index in [-0.39, 0.29) is 0 Å². The highest BCUT2D eigenvalue weighted by molar-refractivity contribution is 6.60. The predicted octanol–water partition coefficient (Wildman–Crippen LogP) is 2.98. The predicted molar refractivity (Wildman–Crippen MR) is 80.6 cm³/mol. The first-order valence-electron chi connectivity index (χ1n) is 6.53. The maximum Gasteiger partial charge on any atom is 0.500 e. The van der Waals surface area contributed by atoms with Gasteiger partial charge in [-0.05, 0) is 31.9 Å². The number of hydrogen-bond acceptors (Lipinski definition) is 4. The highest BCUT2D eigenvalue weighted by Gasteiger charge is 2.36. The van der Waals surface area contributed by atoms with Gasteiger partial charge in [0.05, 0.1) is 0 Å². The fraction of sp³-hybridized carbons (Fsp3) is 0.571. The van der Waals surface area contributed by atoms with Gasteiger partial charge in [0.2, 0.25) is 0 Å². The average Bonchev–Trinajstić information content (AvgIpc) is 2.42. The first kappa shape index (κ1) is 16.2. The van der Waals surface area contributed by atoms with Crippen LogP contribution in [0.15, 0.2) is 18.2 Å². The molecule has 108 valence electrons. The van der Waals surface area contributed by atoms with Gasteiger partial charge in [-0.1, -0.05) is 17.7 Å². The molecule has 0 unspecified atom stereocenters. The molecule has 0 heterocycles. The van der Waals surface area contributed by atoms with E-state index in [2.05, 4.69) is 37.4 Å². The molecule has 0 spiro atoms. The molecule has 0 saturated carbocycles. The van der Waals surface area contributed by atoms with E-state index in [0.29, 0.717) is 0 Å². The number of anilines is 1. The second-order valence-electron chi connectivity index (χ2n) is 4.64. The van der Waals surface area contributed by atoms with Crippen LogP contribution in [0.5, 0.6) is 0 Å². The molecular weight excluding hydrogens is 258 g/mol. The molecule has 0 fully saturated rings. The van der Waals surface area contributed by atoms with Crippen LogP contribution in [0.1, 0.15) is 17.5 Å². The lowest BCUT2D eigenvalue weighted by Gasteiger charge is -2.24. The molecule has 0 aliphatic rings. The van der Waals surface area contributed by atoms with Crippen LogP contribution >= 0.6 is 0 Å². The second kappa shape index (κ2) is 7.64. The molecule has 0 saturated heterocycles. The molecular formula is C14H25NO3Si. The lowest BCUT2D eigenvalue weighted by molar-refractivity contribution is 0.123. The van der Waals surface area contributed by atoms with Gasteiger partial charge in [0, 0.05) is 39.6 Å². The molecule has 1 N–H and O–H groups in total. The Bertz CT molecular complexity index is 386. The van der Waals surface area contributed by atoms with Crippen LogP contribution in [0.3, 0.4) is 0 Å². The SMILES string of the molecule is CO[Si](CCCNc1ccc(C)cc1C)(OC)OC. The zero-order valence-electron chi connectivity index (χ0n) is 12.6. The summed E-state index contributed by atoms with van der Waals surface area (Å²) in [5, 5.41) is 3.44. The van der Waals surface area contributed by atoms with E-state index in [1.54, 1.807) is 21.3 Å². The summed E-state index contributed by atoms with van der Waals surface area (Å²) in [4.78, 5) is 0. The van der Waals surface area contributed by atoms with E-state index < -0.39 is 8.80 Å². The number of benzene rings is 1. The minimum absolute atomic E-state index is 0.814. The van der Waals surface area contributed by atoms with Crippen molar-refractivity contribution in [3.8, 4) is 0 Å². The van der Waals surface area contributed by atoms with Gasteiger partial charge in [0.15, 0.2) is 0 Å². The third-order valence-corrected chi connectivity index (χ3v) is 6.12. The first-order valence-corrected chi connectivity index (χ1v) is 8.46. The molecule has 0 amide bonds. The lowest BCUT2D eigenvalue weighted by atomic mass is 10.1. The lowest BCUT2D eigenvalue weighted by Crippen LogP contribution is -2.42. The molecule has 19 heavy (non-hydrogen) atoms. The van der Waals surface area contributed by atoms with Crippen LogP contribution in [0.25, 0.3) is 0 Å². The Hall–Kier alpha value is -0.883. The van der Waals surface area contributed by atoms with E-state index in [4.69, 9.17) is 13.3 Å². The second-order valence-corrected chi connectivity index (χ2v) is 7.73. The molecule has 0 aliphatic heterocycles. The molecule has 0 atom stereocenters. The van der Waals surface area contributed by atoms with Gasteiger partial charge in [-0.2, -0.15) is 0 Å². The minimum Gasteiger partial charge on any atom is -0.385 e. The Morgan fingerprint density at radius 3 is 2.21 bits per heavy atom. The Labute approximate surface area is 117 Å². The largest absolute Gasteiger partial charge is 0.500 e. The quantitative estimate of drug-likeness (QED) is 0.588. The molecule has 1 rings (SSSR count). The molecule has 1 aromatic rings. The summed E-state index contributed by atoms with van der Waals surface area (Å²) in [6.45, 7) is 5.11. The molecule has 4 nitrogen and oxygen atoms in total. The monoisotopic (exact) mass is 283 g/mol. The zero-order chi connectivity index (χ0) is 14.3. The Morgan fingerprint density at radius 1 is 1.05 bits per heavy atom. The van der Waals surface area contributed by atoms with E-state index >= 15 is 0 Å². The molecule has 1 aromatic carbocycles. The first-order chi connectivity index (χ1) is 9.06. The summed E-state index contributed by atoms with van der Waals surface area (Å²) in [5.74, 6) is 0. The van der Waals surface area contributed by atoms with Crippen molar-refractivity contribution < 1.29 is 13.3 Å². The van der Waals surface area contributed by atoms with Crippen molar-refractivity contribution in [1.82, 2.24) is 0 Å². The van der Waals surface area contributed by atoms with Gasteiger partial charge >= 0.3 is 8.80 Å². The normalized spacial score (nSPS) is 11.6. The number of nitrogens with one attached hydrogen (secondary N) is 1. The van der Waals surface area contributed by atoms with Gasteiger partial charge in [-0.15, -0.1) is 0 Å².